The second-order valence-electron chi connectivity index (χ2n) is 3.63. The van der Waals surface area contributed by atoms with E-state index in [1.54, 1.807) is 0 Å². The van der Waals surface area contributed by atoms with Crippen LogP contribution in [0.2, 0.25) is 0 Å². The Labute approximate surface area is 104 Å². The number of aryl methyl sites for hydroxylation is 1. The molecule has 2 rings (SSSR count). The Hall–Kier alpha value is -1.29. The first-order valence-electron chi connectivity index (χ1n) is 5.23. The molecule has 0 amide bonds. The molecule has 4 heteroatoms. The fourth-order valence-corrected chi connectivity index (χ4v) is 1.77. The number of rotatable bonds is 4. The zero-order valence-corrected chi connectivity index (χ0v) is 10.7. The highest BCUT2D eigenvalue weighted by Crippen LogP contribution is 2.13. The molecular formula is C12H14BrN3. The van der Waals surface area contributed by atoms with Crippen LogP contribution in [0.4, 0.5) is 5.69 Å². The highest BCUT2D eigenvalue weighted by Gasteiger charge is 1.96. The summed E-state index contributed by atoms with van der Waals surface area (Å²) in [6.07, 6.45) is 1.83. The van der Waals surface area contributed by atoms with Crippen molar-refractivity contribution in [2.75, 3.05) is 11.9 Å². The molecule has 0 aliphatic rings. The van der Waals surface area contributed by atoms with E-state index in [0.717, 1.165) is 23.2 Å². The largest absolute Gasteiger partial charge is 0.383 e. The van der Waals surface area contributed by atoms with Crippen LogP contribution < -0.4 is 5.32 Å². The third-order valence-electron chi connectivity index (χ3n) is 2.43. The Morgan fingerprint density at radius 3 is 2.62 bits per heavy atom. The number of nitrogens with zero attached hydrogens (tertiary/aromatic N) is 2. The van der Waals surface area contributed by atoms with Crippen molar-refractivity contribution in [1.82, 2.24) is 9.78 Å². The van der Waals surface area contributed by atoms with Crippen LogP contribution in [-0.4, -0.2) is 16.3 Å². The van der Waals surface area contributed by atoms with E-state index < -0.39 is 0 Å². The zero-order valence-electron chi connectivity index (χ0n) is 9.15. The Kier molecular flexibility index (Phi) is 3.62. The number of anilines is 1. The van der Waals surface area contributed by atoms with Crippen molar-refractivity contribution >= 4 is 21.6 Å². The number of hydrogen-bond acceptors (Lipinski definition) is 2. The van der Waals surface area contributed by atoms with Gasteiger partial charge < -0.3 is 5.32 Å². The molecule has 84 valence electrons. The summed E-state index contributed by atoms with van der Waals surface area (Å²) in [5.74, 6) is 0. The summed E-state index contributed by atoms with van der Waals surface area (Å²) in [6, 6.07) is 10.2. The van der Waals surface area contributed by atoms with Gasteiger partial charge in [-0.25, -0.2) is 0 Å². The normalized spacial score (nSPS) is 10.4. The Morgan fingerprint density at radius 1 is 1.25 bits per heavy atom. The highest BCUT2D eigenvalue weighted by atomic mass is 79.9. The first-order valence-corrected chi connectivity index (χ1v) is 6.03. The molecule has 1 heterocycles. The number of aromatic nitrogens is 2. The molecule has 3 nitrogen and oxygen atoms in total. The van der Waals surface area contributed by atoms with Gasteiger partial charge in [0.05, 0.1) is 6.54 Å². The van der Waals surface area contributed by atoms with Crippen LogP contribution >= 0.6 is 15.9 Å². The first kappa shape index (κ1) is 11.2. The van der Waals surface area contributed by atoms with E-state index in [2.05, 4.69) is 45.4 Å². The van der Waals surface area contributed by atoms with Gasteiger partial charge in [-0.05, 0) is 37.3 Å². The maximum Gasteiger partial charge on any atom is 0.0585 e. The van der Waals surface area contributed by atoms with Gasteiger partial charge in [-0.15, -0.1) is 0 Å². The second-order valence-corrected chi connectivity index (χ2v) is 4.55. The third-order valence-corrected chi connectivity index (χ3v) is 2.95. The Balaban J connectivity index is 1.84. The minimum Gasteiger partial charge on any atom is -0.383 e. The van der Waals surface area contributed by atoms with Gasteiger partial charge >= 0.3 is 0 Å². The monoisotopic (exact) mass is 279 g/mol. The molecule has 16 heavy (non-hydrogen) atoms. The summed E-state index contributed by atoms with van der Waals surface area (Å²) < 4.78 is 3.09. The van der Waals surface area contributed by atoms with Gasteiger partial charge in [0, 0.05) is 28.6 Å². The van der Waals surface area contributed by atoms with Gasteiger partial charge in [-0.3, -0.25) is 4.68 Å². The number of halogens is 1. The fourth-order valence-electron chi connectivity index (χ4n) is 1.51. The predicted molar refractivity (Wildman–Crippen MR) is 69.6 cm³/mol. The summed E-state index contributed by atoms with van der Waals surface area (Å²) in [5.41, 5.74) is 2.32. The molecule has 2 aromatic rings. The van der Waals surface area contributed by atoms with E-state index in [4.69, 9.17) is 0 Å². The van der Waals surface area contributed by atoms with Crippen molar-refractivity contribution in [3.05, 3.63) is 46.7 Å². The molecule has 0 spiro atoms. The van der Waals surface area contributed by atoms with Crippen molar-refractivity contribution in [2.24, 2.45) is 0 Å². The van der Waals surface area contributed by atoms with E-state index in [0.29, 0.717) is 0 Å². The average molecular weight is 280 g/mol. The molecule has 0 aliphatic carbocycles. The van der Waals surface area contributed by atoms with Crippen molar-refractivity contribution < 1.29 is 0 Å². The van der Waals surface area contributed by atoms with Crippen LogP contribution in [0.3, 0.4) is 0 Å². The van der Waals surface area contributed by atoms with Crippen molar-refractivity contribution in [2.45, 2.75) is 13.5 Å². The van der Waals surface area contributed by atoms with Crippen molar-refractivity contribution in [3.8, 4) is 0 Å². The van der Waals surface area contributed by atoms with Crippen LogP contribution in [0, 0.1) is 6.92 Å². The van der Waals surface area contributed by atoms with Crippen LogP contribution in [0.15, 0.2) is 41.0 Å². The van der Waals surface area contributed by atoms with Gasteiger partial charge in [-0.2, -0.15) is 5.10 Å². The summed E-state index contributed by atoms with van der Waals surface area (Å²) in [6.45, 7) is 3.83. The molecule has 1 aromatic heterocycles. The average Bonchev–Trinajstić information content (AvgIpc) is 2.68. The Morgan fingerprint density at radius 2 is 2.00 bits per heavy atom. The van der Waals surface area contributed by atoms with E-state index in [1.165, 1.54) is 5.69 Å². The van der Waals surface area contributed by atoms with E-state index >= 15 is 0 Å². The first-order chi connectivity index (χ1) is 7.75. The highest BCUT2D eigenvalue weighted by molar-refractivity contribution is 9.10. The molecule has 0 fully saturated rings. The zero-order chi connectivity index (χ0) is 11.4. The van der Waals surface area contributed by atoms with Crippen molar-refractivity contribution in [3.63, 3.8) is 0 Å². The van der Waals surface area contributed by atoms with Crippen LogP contribution in [0.5, 0.6) is 0 Å². The minimum atomic E-state index is 0.879. The van der Waals surface area contributed by atoms with Crippen molar-refractivity contribution in [1.29, 1.82) is 0 Å². The molecular weight excluding hydrogens is 266 g/mol. The lowest BCUT2D eigenvalue weighted by Crippen LogP contribution is -2.12. The fraction of sp³-hybridized carbons (Fsp3) is 0.250. The van der Waals surface area contributed by atoms with E-state index in [-0.39, 0.29) is 0 Å². The molecule has 0 unspecified atom stereocenters. The summed E-state index contributed by atoms with van der Waals surface area (Å²) in [7, 11) is 0. The predicted octanol–water partition coefficient (Wildman–Crippen LogP) is 3.07. The third kappa shape index (κ3) is 2.85. The maximum absolute atomic E-state index is 4.23. The Bertz CT molecular complexity index is 448. The molecule has 0 atom stereocenters. The molecule has 1 aromatic carbocycles. The van der Waals surface area contributed by atoms with Gasteiger partial charge in [0.2, 0.25) is 0 Å². The van der Waals surface area contributed by atoms with Crippen LogP contribution in [-0.2, 0) is 6.54 Å². The van der Waals surface area contributed by atoms with E-state index in [9.17, 15) is 0 Å². The van der Waals surface area contributed by atoms with E-state index in [1.807, 2.05) is 29.1 Å². The quantitative estimate of drug-likeness (QED) is 0.932. The van der Waals surface area contributed by atoms with Gasteiger partial charge in [-0.1, -0.05) is 15.9 Å². The molecule has 0 saturated carbocycles. The second kappa shape index (κ2) is 5.16. The SMILES string of the molecule is Cc1ccnn1CCNc1ccc(Br)cc1. The smallest absolute Gasteiger partial charge is 0.0585 e. The number of benzene rings is 1. The summed E-state index contributed by atoms with van der Waals surface area (Å²) >= 11 is 3.41. The molecule has 0 saturated heterocycles. The molecule has 0 aliphatic heterocycles. The van der Waals surface area contributed by atoms with Gasteiger partial charge in [0.1, 0.15) is 0 Å². The lowest BCUT2D eigenvalue weighted by molar-refractivity contribution is 0.620. The number of nitrogens with one attached hydrogen (secondary N) is 1. The lowest BCUT2D eigenvalue weighted by atomic mass is 10.3. The summed E-state index contributed by atoms with van der Waals surface area (Å²) in [4.78, 5) is 0. The van der Waals surface area contributed by atoms with Crippen LogP contribution in [0.25, 0.3) is 0 Å². The number of hydrogen-bond donors (Lipinski definition) is 1. The topological polar surface area (TPSA) is 29.9 Å². The molecule has 1 N–H and O–H groups in total. The standard InChI is InChI=1S/C12H14BrN3/c1-10-6-7-15-16(10)9-8-14-12-4-2-11(13)3-5-12/h2-7,14H,8-9H2,1H3. The summed E-state index contributed by atoms with van der Waals surface area (Å²) in [5, 5.41) is 7.59. The van der Waals surface area contributed by atoms with Gasteiger partial charge in [0.25, 0.3) is 0 Å². The minimum absolute atomic E-state index is 0.879. The van der Waals surface area contributed by atoms with Crippen LogP contribution in [0.1, 0.15) is 5.69 Å². The van der Waals surface area contributed by atoms with Gasteiger partial charge in [0.15, 0.2) is 0 Å². The molecule has 0 bridgehead atoms. The maximum atomic E-state index is 4.23. The molecule has 0 radical (unpaired) electrons. The lowest BCUT2D eigenvalue weighted by Gasteiger charge is -2.07.